The Labute approximate surface area is 263 Å². The molecule has 0 saturated heterocycles. The average molecular weight is 628 g/mol. The molecule has 1 aliphatic heterocycles. The van der Waals surface area contributed by atoms with Crippen molar-refractivity contribution < 1.29 is 28.7 Å². The first-order valence-electron chi connectivity index (χ1n) is 15.1. The van der Waals surface area contributed by atoms with Gasteiger partial charge in [0.05, 0.1) is 12.0 Å². The number of likely N-dealkylation sites (N-methyl/N-ethyl adjacent to an activating group) is 2. The first-order valence-corrected chi connectivity index (χ1v) is 16.0. The molecule has 4 amide bonds. The number of hydrogen-bond donors (Lipinski definition) is 2. The molecule has 1 aromatic carbocycles. The minimum Gasteiger partial charge on any atom is -0.452 e. The van der Waals surface area contributed by atoms with Gasteiger partial charge in [-0.2, -0.15) is 0 Å². The van der Waals surface area contributed by atoms with Crippen LogP contribution >= 0.6 is 11.3 Å². The molecule has 2 aromatic rings. The fourth-order valence-electron chi connectivity index (χ4n) is 5.41. The molecule has 2 N–H and O–H groups in total. The van der Waals surface area contributed by atoms with Crippen LogP contribution in [0.5, 0.6) is 0 Å². The van der Waals surface area contributed by atoms with Gasteiger partial charge in [0.15, 0.2) is 6.10 Å². The van der Waals surface area contributed by atoms with Gasteiger partial charge in [-0.3, -0.25) is 24.0 Å². The molecule has 240 valence electrons. The standard InChI is InChI=1S/C32H45N5O6S/c1-9-13-23-19(4)32(42)43-21(6)30(40)36(7)25(16-22-14-11-10-12-15-22)31(41)37(8)26(18(2)3)28(39)33-20(5)29-35-24(17-44-29)27(38)34-23/h10-12,14-15,17-21,23,25-26H,9,13,16H2,1-8H3,(H,33,39)(H,34,38)/t19-,20+,21+,23-,25+,26+/m1/s1. The van der Waals surface area contributed by atoms with Gasteiger partial charge in [0.2, 0.25) is 11.8 Å². The third-order valence-electron chi connectivity index (χ3n) is 8.05. The molecule has 1 aliphatic rings. The lowest BCUT2D eigenvalue weighted by Gasteiger charge is -2.37. The van der Waals surface area contributed by atoms with Gasteiger partial charge in [-0.25, -0.2) is 4.98 Å². The van der Waals surface area contributed by atoms with Crippen LogP contribution in [-0.2, 0) is 30.3 Å². The van der Waals surface area contributed by atoms with E-state index in [4.69, 9.17) is 4.74 Å². The molecule has 2 bridgehead atoms. The molecule has 12 heteroatoms. The number of rotatable bonds is 5. The van der Waals surface area contributed by atoms with Crippen molar-refractivity contribution in [1.82, 2.24) is 25.4 Å². The van der Waals surface area contributed by atoms with Crippen LogP contribution in [-0.4, -0.2) is 82.7 Å². The van der Waals surface area contributed by atoms with Crippen LogP contribution < -0.4 is 10.6 Å². The van der Waals surface area contributed by atoms with Crippen LogP contribution in [0.1, 0.15) is 81.5 Å². The minimum atomic E-state index is -1.20. The SMILES string of the molecule is CCC[C@H]1NC(=O)c2csc(n2)[C@H](C)NC(=O)[C@H](C(C)C)N(C)C(=O)[C@H](Cc2ccccc2)N(C)C(=O)[C@H](C)OC(=O)[C@@H]1C. The Hall–Kier alpha value is -3.80. The Morgan fingerprint density at radius 1 is 0.955 bits per heavy atom. The lowest BCUT2D eigenvalue weighted by Crippen LogP contribution is -2.58. The van der Waals surface area contributed by atoms with Crippen LogP contribution in [0, 0.1) is 11.8 Å². The summed E-state index contributed by atoms with van der Waals surface area (Å²) in [5, 5.41) is 8.00. The summed E-state index contributed by atoms with van der Waals surface area (Å²) < 4.78 is 5.62. The van der Waals surface area contributed by atoms with Gasteiger partial charge in [0.1, 0.15) is 22.8 Å². The summed E-state index contributed by atoms with van der Waals surface area (Å²) in [6, 6.07) is 6.36. The van der Waals surface area contributed by atoms with E-state index in [0.29, 0.717) is 17.8 Å². The fourth-order valence-corrected chi connectivity index (χ4v) is 6.22. The topological polar surface area (TPSA) is 138 Å². The molecule has 11 nitrogen and oxygen atoms in total. The predicted octanol–water partition coefficient (Wildman–Crippen LogP) is 3.35. The van der Waals surface area contributed by atoms with Crippen LogP contribution in [0.25, 0.3) is 0 Å². The van der Waals surface area contributed by atoms with Gasteiger partial charge < -0.3 is 25.2 Å². The molecular weight excluding hydrogens is 582 g/mol. The maximum atomic E-state index is 14.1. The maximum absolute atomic E-state index is 14.1. The fraction of sp³-hybridized carbons (Fsp3) is 0.562. The van der Waals surface area contributed by atoms with Crippen molar-refractivity contribution >= 4 is 40.9 Å². The third kappa shape index (κ3) is 8.22. The van der Waals surface area contributed by atoms with E-state index in [2.05, 4.69) is 15.6 Å². The number of carbonyl (C=O) groups is 5. The molecule has 0 aliphatic carbocycles. The van der Waals surface area contributed by atoms with Gasteiger partial charge in [0, 0.05) is 31.9 Å². The van der Waals surface area contributed by atoms with Crippen LogP contribution in [0.2, 0.25) is 0 Å². The van der Waals surface area contributed by atoms with Crippen molar-refractivity contribution in [2.45, 2.75) is 91.1 Å². The second kappa shape index (κ2) is 15.3. The normalized spacial score (nSPS) is 26.4. The van der Waals surface area contributed by atoms with Crippen LogP contribution in [0.15, 0.2) is 35.7 Å². The molecule has 1 aromatic heterocycles. The third-order valence-corrected chi connectivity index (χ3v) is 9.08. The first kappa shape index (κ1) is 34.7. The summed E-state index contributed by atoms with van der Waals surface area (Å²) in [4.78, 5) is 75.0. The number of aromatic nitrogens is 1. The van der Waals surface area contributed by atoms with Crippen molar-refractivity contribution in [2.75, 3.05) is 14.1 Å². The zero-order valence-electron chi connectivity index (χ0n) is 26.8. The van der Waals surface area contributed by atoms with Gasteiger partial charge in [-0.05, 0) is 38.7 Å². The summed E-state index contributed by atoms with van der Waals surface area (Å²) in [5.74, 6) is -3.47. The summed E-state index contributed by atoms with van der Waals surface area (Å²) in [5.41, 5.74) is 1.000. The van der Waals surface area contributed by atoms with Crippen LogP contribution in [0.4, 0.5) is 0 Å². The highest BCUT2D eigenvalue weighted by Gasteiger charge is 2.39. The number of esters is 1. The lowest BCUT2D eigenvalue weighted by molar-refractivity contribution is -0.164. The molecule has 3 rings (SSSR count). The Morgan fingerprint density at radius 3 is 2.23 bits per heavy atom. The second-order valence-corrected chi connectivity index (χ2v) is 12.7. The lowest BCUT2D eigenvalue weighted by atomic mass is 9.97. The average Bonchev–Trinajstić information content (AvgIpc) is 3.49. The van der Waals surface area contributed by atoms with Crippen molar-refractivity contribution in [1.29, 1.82) is 0 Å². The number of fused-ring (bicyclic) bond motifs is 2. The Balaban J connectivity index is 2.06. The molecule has 0 radical (unpaired) electrons. The number of ether oxygens (including phenoxy) is 1. The summed E-state index contributed by atoms with van der Waals surface area (Å²) in [6.45, 7) is 10.5. The van der Waals surface area contributed by atoms with Crippen LogP contribution in [0.3, 0.4) is 0 Å². The number of carbonyl (C=O) groups excluding carboxylic acids is 5. The van der Waals surface area contributed by atoms with Crippen molar-refractivity contribution in [2.24, 2.45) is 11.8 Å². The largest absolute Gasteiger partial charge is 0.452 e. The molecule has 0 fully saturated rings. The number of nitrogens with one attached hydrogen (secondary N) is 2. The summed E-state index contributed by atoms with van der Waals surface area (Å²) in [6.07, 6.45) is 0.194. The molecule has 6 atom stereocenters. The summed E-state index contributed by atoms with van der Waals surface area (Å²) in [7, 11) is 3.06. The van der Waals surface area contributed by atoms with E-state index in [0.717, 1.165) is 5.56 Å². The number of nitrogens with zero attached hydrogens (tertiary/aromatic N) is 3. The number of benzene rings is 1. The second-order valence-electron chi connectivity index (χ2n) is 11.8. The molecular formula is C32H45N5O6S. The molecule has 0 spiro atoms. The monoisotopic (exact) mass is 627 g/mol. The summed E-state index contributed by atoms with van der Waals surface area (Å²) >= 11 is 1.24. The minimum absolute atomic E-state index is 0.173. The highest BCUT2D eigenvalue weighted by Crippen LogP contribution is 2.22. The predicted molar refractivity (Wildman–Crippen MR) is 168 cm³/mol. The van der Waals surface area contributed by atoms with E-state index < -0.39 is 59.9 Å². The number of hydrogen-bond acceptors (Lipinski definition) is 8. The smallest absolute Gasteiger partial charge is 0.311 e. The maximum Gasteiger partial charge on any atom is 0.311 e. The van der Waals surface area contributed by atoms with E-state index >= 15 is 0 Å². The Morgan fingerprint density at radius 2 is 1.61 bits per heavy atom. The van der Waals surface area contributed by atoms with Gasteiger partial charge in [-0.15, -0.1) is 11.3 Å². The molecule has 2 heterocycles. The zero-order valence-corrected chi connectivity index (χ0v) is 27.6. The van der Waals surface area contributed by atoms with Gasteiger partial charge in [0.25, 0.3) is 11.8 Å². The highest BCUT2D eigenvalue weighted by atomic mass is 32.1. The Bertz CT molecular complexity index is 1330. The number of cyclic esters (lactones) is 1. The van der Waals surface area contributed by atoms with Gasteiger partial charge in [-0.1, -0.05) is 57.5 Å². The molecule has 44 heavy (non-hydrogen) atoms. The van der Waals surface area contributed by atoms with E-state index in [1.54, 1.807) is 26.3 Å². The zero-order chi connectivity index (χ0) is 32.7. The molecule has 0 saturated carbocycles. The van der Waals surface area contributed by atoms with Crippen molar-refractivity contribution in [3.63, 3.8) is 0 Å². The van der Waals surface area contributed by atoms with Gasteiger partial charge >= 0.3 is 5.97 Å². The first-order chi connectivity index (χ1) is 20.8. The highest BCUT2D eigenvalue weighted by molar-refractivity contribution is 7.09. The number of thiazole rings is 1. The Kier molecular flexibility index (Phi) is 12.0. The van der Waals surface area contributed by atoms with Crippen molar-refractivity contribution in [3.05, 3.63) is 52.0 Å². The number of amides is 4. The molecule has 0 unspecified atom stereocenters. The van der Waals surface area contributed by atoms with E-state index in [9.17, 15) is 24.0 Å². The quantitative estimate of drug-likeness (QED) is 0.485. The van der Waals surface area contributed by atoms with E-state index in [1.807, 2.05) is 51.1 Å². The van der Waals surface area contributed by atoms with E-state index in [1.165, 1.54) is 35.1 Å². The van der Waals surface area contributed by atoms with Crippen molar-refractivity contribution in [3.8, 4) is 0 Å². The van der Waals surface area contributed by atoms with E-state index in [-0.39, 0.29) is 23.9 Å².